The average Bonchev–Trinajstić information content (AvgIpc) is 2.79. The number of nitrogens with zero attached hydrogens (tertiary/aromatic N) is 3. The lowest BCUT2D eigenvalue weighted by Crippen LogP contribution is -2.34. The molecule has 3 rings (SSSR count). The van der Waals surface area contributed by atoms with Crippen LogP contribution in [0.5, 0.6) is 0 Å². The summed E-state index contributed by atoms with van der Waals surface area (Å²) in [5.41, 5.74) is 3.61. The van der Waals surface area contributed by atoms with Gasteiger partial charge in [-0.05, 0) is 57.8 Å². The van der Waals surface area contributed by atoms with Crippen molar-refractivity contribution < 1.29 is 0 Å². The Morgan fingerprint density at radius 2 is 2.24 bits per heavy atom. The lowest BCUT2D eigenvalue weighted by atomic mass is 9.98. The number of hydrogen-bond acceptors (Lipinski definition) is 2. The van der Waals surface area contributed by atoms with Gasteiger partial charge >= 0.3 is 0 Å². The molecule has 0 radical (unpaired) electrons. The summed E-state index contributed by atoms with van der Waals surface area (Å²) in [5, 5.41) is -0.0573. The minimum Gasteiger partial charge on any atom is -0.326 e. The number of hydrogen-bond donors (Lipinski definition) is 0. The Labute approximate surface area is 131 Å². The third-order valence-corrected chi connectivity index (χ3v) is 4.71. The minimum atomic E-state index is -0.0573. The highest BCUT2D eigenvalue weighted by molar-refractivity contribution is 6.20. The Balaban J connectivity index is 2.00. The molecule has 0 bridgehead atoms. The maximum absolute atomic E-state index is 6.38. The van der Waals surface area contributed by atoms with Gasteiger partial charge in [0.1, 0.15) is 5.82 Å². The van der Waals surface area contributed by atoms with Crippen molar-refractivity contribution in [2.75, 3.05) is 20.1 Å². The van der Waals surface area contributed by atoms with E-state index in [9.17, 15) is 0 Å². The van der Waals surface area contributed by atoms with E-state index in [1.807, 2.05) is 6.92 Å². The number of imidazole rings is 1. The summed E-state index contributed by atoms with van der Waals surface area (Å²) in [5.74, 6) is 1.70. The third-order valence-electron chi connectivity index (χ3n) is 4.52. The first kappa shape index (κ1) is 14.9. The van der Waals surface area contributed by atoms with E-state index in [1.54, 1.807) is 0 Å². The van der Waals surface area contributed by atoms with Gasteiger partial charge < -0.3 is 9.47 Å². The first-order chi connectivity index (χ1) is 10.1. The summed E-state index contributed by atoms with van der Waals surface area (Å²) in [6, 6.07) is 6.33. The fraction of sp³-hybridized carbons (Fsp3) is 0.588. The Hall–Kier alpha value is -1.06. The van der Waals surface area contributed by atoms with Gasteiger partial charge in [0.05, 0.1) is 16.4 Å². The summed E-state index contributed by atoms with van der Waals surface area (Å²) in [4.78, 5) is 7.21. The van der Waals surface area contributed by atoms with E-state index in [4.69, 9.17) is 16.6 Å². The van der Waals surface area contributed by atoms with Crippen LogP contribution in [-0.4, -0.2) is 34.6 Å². The van der Waals surface area contributed by atoms with Crippen LogP contribution in [0.1, 0.15) is 36.5 Å². The average molecular weight is 306 g/mol. The van der Waals surface area contributed by atoms with E-state index < -0.39 is 0 Å². The van der Waals surface area contributed by atoms with Crippen LogP contribution in [0.4, 0.5) is 0 Å². The number of piperidine rings is 1. The first-order valence-corrected chi connectivity index (χ1v) is 8.28. The molecule has 0 amide bonds. The number of para-hydroxylation sites is 1. The van der Waals surface area contributed by atoms with Crippen LogP contribution in [0, 0.1) is 12.8 Å². The second kappa shape index (κ2) is 5.98. The maximum Gasteiger partial charge on any atom is 0.127 e. The standard InChI is InChI=1S/C17H24ClN3/c1-12-6-4-8-15-16(12)21(17(19-15)13(2)18)11-14-7-5-9-20(3)10-14/h4,6,8,13-14H,5,7,9-11H2,1-3H3. The van der Waals surface area contributed by atoms with E-state index in [1.165, 1.54) is 37.0 Å². The normalized spacial score (nSPS) is 21.8. The van der Waals surface area contributed by atoms with Crippen LogP contribution in [-0.2, 0) is 6.54 Å². The van der Waals surface area contributed by atoms with Crippen molar-refractivity contribution in [3.05, 3.63) is 29.6 Å². The molecule has 1 aliphatic heterocycles. The molecule has 2 atom stereocenters. The number of alkyl halides is 1. The van der Waals surface area contributed by atoms with Gasteiger partial charge in [-0.2, -0.15) is 0 Å². The summed E-state index contributed by atoms with van der Waals surface area (Å²) in [6.07, 6.45) is 2.59. The van der Waals surface area contributed by atoms with Crippen LogP contribution in [0.15, 0.2) is 18.2 Å². The zero-order valence-corrected chi connectivity index (χ0v) is 13.9. The third kappa shape index (κ3) is 2.95. The van der Waals surface area contributed by atoms with Crippen molar-refractivity contribution in [2.24, 2.45) is 5.92 Å². The minimum absolute atomic E-state index is 0.0573. The number of aromatic nitrogens is 2. The van der Waals surface area contributed by atoms with Crippen molar-refractivity contribution in [1.82, 2.24) is 14.5 Å². The molecule has 1 aliphatic rings. The molecule has 0 aliphatic carbocycles. The molecule has 2 heterocycles. The molecule has 2 aromatic rings. The van der Waals surface area contributed by atoms with Crippen molar-refractivity contribution in [1.29, 1.82) is 0 Å². The molecule has 0 spiro atoms. The number of aryl methyl sites for hydroxylation is 1. The van der Waals surface area contributed by atoms with Crippen LogP contribution >= 0.6 is 11.6 Å². The molecule has 114 valence electrons. The molecule has 0 saturated carbocycles. The smallest absolute Gasteiger partial charge is 0.127 e. The maximum atomic E-state index is 6.38. The molecule has 1 aromatic carbocycles. The molecule has 21 heavy (non-hydrogen) atoms. The van der Waals surface area contributed by atoms with Gasteiger partial charge in [-0.25, -0.2) is 4.98 Å². The quantitative estimate of drug-likeness (QED) is 0.800. The Morgan fingerprint density at radius 1 is 1.43 bits per heavy atom. The van der Waals surface area contributed by atoms with Crippen LogP contribution in [0.2, 0.25) is 0 Å². The molecule has 4 heteroatoms. The number of rotatable bonds is 3. The SMILES string of the molecule is Cc1cccc2nc(C(C)Cl)n(CC3CCCN(C)C3)c12. The van der Waals surface area contributed by atoms with Crippen molar-refractivity contribution in [3.63, 3.8) is 0 Å². The molecular weight excluding hydrogens is 282 g/mol. The van der Waals surface area contributed by atoms with E-state index in [2.05, 4.69) is 41.6 Å². The summed E-state index contributed by atoms with van der Waals surface area (Å²) >= 11 is 6.38. The van der Waals surface area contributed by atoms with E-state index in [0.29, 0.717) is 5.92 Å². The fourth-order valence-corrected chi connectivity index (χ4v) is 3.72. The van der Waals surface area contributed by atoms with Crippen LogP contribution < -0.4 is 0 Å². The number of benzene rings is 1. The molecular formula is C17H24ClN3. The summed E-state index contributed by atoms with van der Waals surface area (Å²) in [6.45, 7) is 7.59. The number of likely N-dealkylation sites (tertiary alicyclic amines) is 1. The zero-order valence-electron chi connectivity index (χ0n) is 13.1. The lowest BCUT2D eigenvalue weighted by molar-refractivity contribution is 0.194. The molecule has 1 fully saturated rings. The highest BCUT2D eigenvalue weighted by Crippen LogP contribution is 2.29. The highest BCUT2D eigenvalue weighted by Gasteiger charge is 2.22. The van der Waals surface area contributed by atoms with Crippen molar-refractivity contribution >= 4 is 22.6 Å². The monoisotopic (exact) mass is 305 g/mol. The Kier molecular flexibility index (Phi) is 4.23. The summed E-state index contributed by atoms with van der Waals surface area (Å²) in [7, 11) is 2.22. The van der Waals surface area contributed by atoms with Gasteiger partial charge in [-0.15, -0.1) is 11.6 Å². The van der Waals surface area contributed by atoms with Crippen LogP contribution in [0.3, 0.4) is 0 Å². The van der Waals surface area contributed by atoms with E-state index >= 15 is 0 Å². The van der Waals surface area contributed by atoms with Gasteiger partial charge in [0.2, 0.25) is 0 Å². The topological polar surface area (TPSA) is 21.1 Å². The van der Waals surface area contributed by atoms with E-state index in [-0.39, 0.29) is 5.38 Å². The molecule has 1 aromatic heterocycles. The van der Waals surface area contributed by atoms with Gasteiger partial charge in [0.25, 0.3) is 0 Å². The predicted molar refractivity (Wildman–Crippen MR) is 89.0 cm³/mol. The Bertz CT molecular complexity index is 632. The number of halogens is 1. The lowest BCUT2D eigenvalue weighted by Gasteiger charge is -2.30. The second-order valence-electron chi connectivity index (χ2n) is 6.41. The number of fused-ring (bicyclic) bond motifs is 1. The molecule has 2 unspecified atom stereocenters. The molecule has 1 saturated heterocycles. The van der Waals surface area contributed by atoms with Crippen molar-refractivity contribution in [3.8, 4) is 0 Å². The molecule has 0 N–H and O–H groups in total. The van der Waals surface area contributed by atoms with Gasteiger partial charge in [-0.1, -0.05) is 12.1 Å². The fourth-order valence-electron chi connectivity index (χ4n) is 3.55. The summed E-state index contributed by atoms with van der Waals surface area (Å²) < 4.78 is 2.37. The van der Waals surface area contributed by atoms with E-state index in [0.717, 1.165) is 17.9 Å². The van der Waals surface area contributed by atoms with Gasteiger partial charge in [-0.3, -0.25) is 0 Å². The second-order valence-corrected chi connectivity index (χ2v) is 7.06. The Morgan fingerprint density at radius 3 is 2.95 bits per heavy atom. The largest absolute Gasteiger partial charge is 0.326 e. The zero-order chi connectivity index (χ0) is 15.0. The van der Waals surface area contributed by atoms with Gasteiger partial charge in [0, 0.05) is 13.1 Å². The first-order valence-electron chi connectivity index (χ1n) is 7.84. The van der Waals surface area contributed by atoms with Crippen LogP contribution in [0.25, 0.3) is 11.0 Å². The van der Waals surface area contributed by atoms with Gasteiger partial charge in [0.15, 0.2) is 0 Å². The van der Waals surface area contributed by atoms with Crippen molar-refractivity contribution in [2.45, 2.75) is 38.6 Å². The highest BCUT2D eigenvalue weighted by atomic mass is 35.5. The predicted octanol–water partition coefficient (Wildman–Crippen LogP) is 3.99. The molecule has 3 nitrogen and oxygen atoms in total.